The van der Waals surface area contributed by atoms with Crippen molar-refractivity contribution in [2.24, 2.45) is 0 Å². The standard InChI is InChI=1S/C13H30OSi2/c1-7-13-16(11-5,12-6)14-15(8-2,9-3)10-4/h7H,1,8-13H2,2-6H3. The molecule has 3 heteroatoms. The van der Waals surface area contributed by atoms with Gasteiger partial charge in [-0.05, 0) is 36.3 Å². The fourth-order valence-electron chi connectivity index (χ4n) is 2.41. The van der Waals surface area contributed by atoms with Gasteiger partial charge in [0.25, 0.3) is 0 Å². The summed E-state index contributed by atoms with van der Waals surface area (Å²) < 4.78 is 6.82. The molecule has 0 saturated carbocycles. The molecule has 0 unspecified atom stereocenters. The van der Waals surface area contributed by atoms with Gasteiger partial charge in [0, 0.05) is 0 Å². The Morgan fingerprint density at radius 3 is 1.44 bits per heavy atom. The molecule has 0 aromatic heterocycles. The van der Waals surface area contributed by atoms with Crippen molar-refractivity contribution in [2.45, 2.75) is 70.9 Å². The second-order valence-electron chi connectivity index (χ2n) is 4.73. The summed E-state index contributed by atoms with van der Waals surface area (Å²) in [5, 5.41) is 0. The lowest BCUT2D eigenvalue weighted by Crippen LogP contribution is -2.49. The molecule has 0 aliphatic rings. The highest BCUT2D eigenvalue weighted by Gasteiger charge is 2.39. The van der Waals surface area contributed by atoms with Crippen LogP contribution in [-0.2, 0) is 4.12 Å². The Morgan fingerprint density at radius 2 is 1.19 bits per heavy atom. The summed E-state index contributed by atoms with van der Waals surface area (Å²) in [5.74, 6) is 0. The van der Waals surface area contributed by atoms with Gasteiger partial charge in [-0.25, -0.2) is 0 Å². The minimum absolute atomic E-state index is 1.13. The highest BCUT2D eigenvalue weighted by molar-refractivity contribution is 6.87. The summed E-state index contributed by atoms with van der Waals surface area (Å²) in [5.41, 5.74) is 0. The third-order valence-corrected chi connectivity index (χ3v) is 15.1. The lowest BCUT2D eigenvalue weighted by Gasteiger charge is -2.40. The second kappa shape index (κ2) is 7.46. The fraction of sp³-hybridized carbons (Fsp3) is 0.846. The smallest absolute Gasteiger partial charge is 0.182 e. The van der Waals surface area contributed by atoms with Crippen LogP contribution in [0.3, 0.4) is 0 Å². The van der Waals surface area contributed by atoms with Crippen molar-refractivity contribution in [3.63, 3.8) is 0 Å². The van der Waals surface area contributed by atoms with Crippen LogP contribution in [0.4, 0.5) is 0 Å². The van der Waals surface area contributed by atoms with Crippen LogP contribution in [0.1, 0.15) is 34.6 Å². The van der Waals surface area contributed by atoms with E-state index in [1.165, 1.54) is 30.2 Å². The molecule has 0 amide bonds. The van der Waals surface area contributed by atoms with Crippen LogP contribution < -0.4 is 0 Å². The fourth-order valence-corrected chi connectivity index (χ4v) is 12.4. The molecule has 0 atom stereocenters. The predicted molar refractivity (Wildman–Crippen MR) is 80.0 cm³/mol. The van der Waals surface area contributed by atoms with Crippen molar-refractivity contribution < 1.29 is 4.12 Å². The Balaban J connectivity index is 4.88. The maximum absolute atomic E-state index is 6.82. The topological polar surface area (TPSA) is 9.23 Å². The molecular formula is C13H30OSi2. The summed E-state index contributed by atoms with van der Waals surface area (Å²) in [6, 6.07) is 7.42. The Kier molecular flexibility index (Phi) is 7.52. The van der Waals surface area contributed by atoms with Gasteiger partial charge in [0.05, 0.1) is 0 Å². The summed E-state index contributed by atoms with van der Waals surface area (Å²) in [7, 11) is -2.92. The Morgan fingerprint density at radius 1 is 0.812 bits per heavy atom. The lowest BCUT2D eigenvalue weighted by atomic mass is 10.8. The quantitative estimate of drug-likeness (QED) is 0.409. The van der Waals surface area contributed by atoms with Gasteiger partial charge in [-0.15, -0.1) is 6.58 Å². The third-order valence-electron chi connectivity index (χ3n) is 4.17. The molecule has 0 rings (SSSR count). The van der Waals surface area contributed by atoms with Crippen molar-refractivity contribution in [2.75, 3.05) is 0 Å². The van der Waals surface area contributed by atoms with Crippen LogP contribution in [-0.4, -0.2) is 16.6 Å². The zero-order chi connectivity index (χ0) is 12.7. The normalized spacial score (nSPS) is 12.8. The van der Waals surface area contributed by atoms with Gasteiger partial charge in [-0.2, -0.15) is 0 Å². The molecule has 0 aliphatic carbocycles. The van der Waals surface area contributed by atoms with Crippen LogP contribution >= 0.6 is 0 Å². The first-order chi connectivity index (χ1) is 7.57. The average Bonchev–Trinajstić information content (AvgIpc) is 2.35. The van der Waals surface area contributed by atoms with Gasteiger partial charge in [-0.3, -0.25) is 0 Å². The van der Waals surface area contributed by atoms with E-state index in [4.69, 9.17) is 4.12 Å². The van der Waals surface area contributed by atoms with Crippen molar-refractivity contribution in [1.82, 2.24) is 0 Å². The molecule has 0 fully saturated rings. The molecule has 0 aromatic rings. The van der Waals surface area contributed by atoms with Crippen LogP contribution in [0.5, 0.6) is 0 Å². The molecule has 0 N–H and O–H groups in total. The SMILES string of the molecule is C=CC[Si](CC)(CC)O[Si](CC)(CC)CC. The Bertz CT molecular complexity index is 188. The maximum atomic E-state index is 6.82. The van der Waals surface area contributed by atoms with Crippen molar-refractivity contribution in [1.29, 1.82) is 0 Å². The van der Waals surface area contributed by atoms with Crippen LogP contribution in [0.2, 0.25) is 36.3 Å². The van der Waals surface area contributed by atoms with E-state index >= 15 is 0 Å². The Labute approximate surface area is 105 Å². The average molecular weight is 259 g/mol. The van der Waals surface area contributed by atoms with Gasteiger partial charge in [0.2, 0.25) is 0 Å². The third kappa shape index (κ3) is 3.86. The van der Waals surface area contributed by atoms with E-state index < -0.39 is 16.6 Å². The highest BCUT2D eigenvalue weighted by Crippen LogP contribution is 2.32. The van der Waals surface area contributed by atoms with Crippen molar-refractivity contribution >= 4 is 16.6 Å². The highest BCUT2D eigenvalue weighted by atomic mass is 28.4. The molecule has 0 radical (unpaired) electrons. The summed E-state index contributed by atoms with van der Waals surface area (Å²) in [6.45, 7) is 15.5. The zero-order valence-corrected chi connectivity index (χ0v) is 13.9. The first-order valence-corrected chi connectivity index (χ1v) is 11.9. The molecule has 1 nitrogen and oxygen atoms in total. The number of hydrogen-bond acceptors (Lipinski definition) is 1. The minimum Gasteiger partial charge on any atom is -0.455 e. The molecule has 0 aliphatic heterocycles. The zero-order valence-electron chi connectivity index (χ0n) is 11.9. The second-order valence-corrected chi connectivity index (χ2v) is 14.2. The van der Waals surface area contributed by atoms with Gasteiger partial charge < -0.3 is 4.12 Å². The molecule has 0 saturated heterocycles. The molecule has 0 spiro atoms. The van der Waals surface area contributed by atoms with E-state index in [2.05, 4.69) is 47.3 Å². The molecule has 0 aromatic carbocycles. The van der Waals surface area contributed by atoms with E-state index in [9.17, 15) is 0 Å². The van der Waals surface area contributed by atoms with E-state index in [0.29, 0.717) is 0 Å². The van der Waals surface area contributed by atoms with Gasteiger partial charge in [0.15, 0.2) is 16.6 Å². The first-order valence-electron chi connectivity index (χ1n) is 6.88. The van der Waals surface area contributed by atoms with E-state index in [0.717, 1.165) is 6.04 Å². The van der Waals surface area contributed by atoms with E-state index in [1.807, 2.05) is 0 Å². The minimum atomic E-state index is -1.50. The number of rotatable bonds is 9. The molecule has 0 bridgehead atoms. The monoisotopic (exact) mass is 258 g/mol. The number of allylic oxidation sites excluding steroid dienone is 1. The van der Waals surface area contributed by atoms with Crippen molar-refractivity contribution in [3.8, 4) is 0 Å². The van der Waals surface area contributed by atoms with Gasteiger partial charge in [0.1, 0.15) is 0 Å². The largest absolute Gasteiger partial charge is 0.455 e. The molecule has 16 heavy (non-hydrogen) atoms. The summed E-state index contributed by atoms with van der Waals surface area (Å²) >= 11 is 0. The van der Waals surface area contributed by atoms with Crippen molar-refractivity contribution in [3.05, 3.63) is 12.7 Å². The summed E-state index contributed by atoms with van der Waals surface area (Å²) in [6.07, 6.45) is 2.08. The van der Waals surface area contributed by atoms with E-state index in [1.54, 1.807) is 0 Å². The van der Waals surface area contributed by atoms with Crippen LogP contribution in [0, 0.1) is 0 Å². The molecule has 96 valence electrons. The van der Waals surface area contributed by atoms with Gasteiger partial charge >= 0.3 is 0 Å². The Hall–Kier alpha value is 0.134. The van der Waals surface area contributed by atoms with Crippen LogP contribution in [0.25, 0.3) is 0 Å². The van der Waals surface area contributed by atoms with E-state index in [-0.39, 0.29) is 0 Å². The maximum Gasteiger partial charge on any atom is 0.182 e. The molecule has 0 heterocycles. The number of hydrogen-bond donors (Lipinski definition) is 0. The molecular weight excluding hydrogens is 228 g/mol. The summed E-state index contributed by atoms with van der Waals surface area (Å²) in [4.78, 5) is 0. The van der Waals surface area contributed by atoms with Crippen LogP contribution in [0.15, 0.2) is 12.7 Å². The first kappa shape index (κ1) is 16.1. The lowest BCUT2D eigenvalue weighted by molar-refractivity contribution is 0.512. The predicted octanol–water partition coefficient (Wildman–Crippen LogP) is 5.18. The van der Waals surface area contributed by atoms with Gasteiger partial charge in [-0.1, -0.05) is 40.7 Å².